The summed E-state index contributed by atoms with van der Waals surface area (Å²) in [5, 5.41) is 13.8. The van der Waals surface area contributed by atoms with Crippen LogP contribution in [0.4, 0.5) is 0 Å². The third kappa shape index (κ3) is 5.31. The molecule has 0 aliphatic carbocycles. The Kier molecular flexibility index (Phi) is 8.04. The van der Waals surface area contributed by atoms with E-state index in [1.54, 1.807) is 0 Å². The van der Waals surface area contributed by atoms with Crippen LogP contribution in [0.15, 0.2) is 0 Å². The molecule has 0 bridgehead atoms. The molecule has 2 unspecified atom stereocenters. The van der Waals surface area contributed by atoms with E-state index in [-0.39, 0.29) is 0 Å². The molecule has 0 rings (SSSR count). The highest BCUT2D eigenvalue weighted by atomic mass is 16.3. The predicted octanol–water partition coefficient (Wildman–Crippen LogP) is 3.34. The van der Waals surface area contributed by atoms with Crippen molar-refractivity contribution in [3.8, 4) is 0 Å². The molecule has 2 heteroatoms. The summed E-state index contributed by atoms with van der Waals surface area (Å²) in [5.41, 5.74) is -0.515. The fourth-order valence-electron chi connectivity index (χ4n) is 2.23. The van der Waals surface area contributed by atoms with Crippen LogP contribution in [0.1, 0.15) is 66.7 Å². The molecule has 0 fully saturated rings. The summed E-state index contributed by atoms with van der Waals surface area (Å²) < 4.78 is 0. The van der Waals surface area contributed by atoms with E-state index in [4.69, 9.17) is 0 Å². The maximum absolute atomic E-state index is 10.2. The molecule has 98 valence electrons. The number of rotatable bonds is 9. The lowest BCUT2D eigenvalue weighted by Gasteiger charge is -2.31. The van der Waals surface area contributed by atoms with Crippen molar-refractivity contribution in [2.24, 2.45) is 5.92 Å². The highest BCUT2D eigenvalue weighted by Crippen LogP contribution is 2.17. The number of hydrogen-bond acceptors (Lipinski definition) is 2. The summed E-state index contributed by atoms with van der Waals surface area (Å²) in [6.07, 6.45) is 5.31. The fraction of sp³-hybridized carbons (Fsp3) is 1.00. The summed E-state index contributed by atoms with van der Waals surface area (Å²) in [6, 6.07) is 0.546. The maximum Gasteiger partial charge on any atom is 0.0766 e. The zero-order valence-electron chi connectivity index (χ0n) is 11.8. The van der Waals surface area contributed by atoms with E-state index in [2.05, 4.69) is 39.9 Å². The van der Waals surface area contributed by atoms with Gasteiger partial charge in [-0.25, -0.2) is 0 Å². The van der Waals surface area contributed by atoms with Gasteiger partial charge in [0.15, 0.2) is 0 Å². The van der Waals surface area contributed by atoms with Crippen molar-refractivity contribution in [2.75, 3.05) is 6.54 Å². The number of nitrogens with one attached hydrogen (secondary N) is 1. The Balaban J connectivity index is 4.12. The van der Waals surface area contributed by atoms with Gasteiger partial charge in [-0.05, 0) is 31.6 Å². The van der Waals surface area contributed by atoms with Gasteiger partial charge in [0.05, 0.1) is 5.60 Å². The zero-order valence-corrected chi connectivity index (χ0v) is 11.8. The average molecular weight is 229 g/mol. The highest BCUT2D eigenvalue weighted by Gasteiger charge is 2.24. The molecule has 0 amide bonds. The first-order valence-corrected chi connectivity index (χ1v) is 6.98. The van der Waals surface area contributed by atoms with Crippen LogP contribution in [0.3, 0.4) is 0 Å². The van der Waals surface area contributed by atoms with Gasteiger partial charge in [0.2, 0.25) is 0 Å². The van der Waals surface area contributed by atoms with Crippen LogP contribution < -0.4 is 5.32 Å². The largest absolute Gasteiger partial charge is 0.389 e. The van der Waals surface area contributed by atoms with Gasteiger partial charge in [0, 0.05) is 12.6 Å². The van der Waals surface area contributed by atoms with Crippen molar-refractivity contribution in [3.05, 3.63) is 0 Å². The Morgan fingerprint density at radius 2 is 1.69 bits per heavy atom. The number of aliphatic hydroxyl groups is 1. The molecule has 0 saturated carbocycles. The van der Waals surface area contributed by atoms with E-state index in [0.29, 0.717) is 12.0 Å². The first-order chi connectivity index (χ1) is 7.52. The molecule has 16 heavy (non-hydrogen) atoms. The molecule has 2 N–H and O–H groups in total. The van der Waals surface area contributed by atoms with Crippen LogP contribution in [0, 0.1) is 5.92 Å². The van der Waals surface area contributed by atoms with E-state index in [9.17, 15) is 5.11 Å². The van der Waals surface area contributed by atoms with Crippen LogP contribution in [0.25, 0.3) is 0 Å². The first-order valence-electron chi connectivity index (χ1n) is 6.98. The standard InChI is InChI=1S/C14H31NO/c1-6-10-12(5)13(7-2)15-11-14(16,8-3)9-4/h12-13,15-16H,6-11H2,1-5H3. The minimum absolute atomic E-state index is 0.515. The minimum atomic E-state index is -0.515. The van der Waals surface area contributed by atoms with Crippen LogP contribution >= 0.6 is 0 Å². The average Bonchev–Trinajstić information content (AvgIpc) is 2.30. The van der Waals surface area contributed by atoms with Gasteiger partial charge in [-0.2, -0.15) is 0 Å². The van der Waals surface area contributed by atoms with Gasteiger partial charge in [-0.15, -0.1) is 0 Å². The van der Waals surface area contributed by atoms with Crippen molar-refractivity contribution in [1.29, 1.82) is 0 Å². The summed E-state index contributed by atoms with van der Waals surface area (Å²) in [5.74, 6) is 0.702. The molecule has 2 atom stereocenters. The van der Waals surface area contributed by atoms with E-state index in [1.165, 1.54) is 12.8 Å². The predicted molar refractivity (Wildman–Crippen MR) is 71.7 cm³/mol. The minimum Gasteiger partial charge on any atom is -0.389 e. The Morgan fingerprint density at radius 3 is 2.06 bits per heavy atom. The Bertz CT molecular complexity index is 166. The summed E-state index contributed by atoms with van der Waals surface area (Å²) in [7, 11) is 0. The second-order valence-corrected chi connectivity index (χ2v) is 5.09. The third-order valence-electron chi connectivity index (χ3n) is 3.88. The molecule has 0 radical (unpaired) electrons. The van der Waals surface area contributed by atoms with Crippen LogP contribution in [-0.2, 0) is 0 Å². The monoisotopic (exact) mass is 229 g/mol. The summed E-state index contributed by atoms with van der Waals surface area (Å²) >= 11 is 0. The van der Waals surface area contributed by atoms with Crippen molar-refractivity contribution in [3.63, 3.8) is 0 Å². The topological polar surface area (TPSA) is 32.3 Å². The number of hydrogen-bond donors (Lipinski definition) is 2. The van der Waals surface area contributed by atoms with Gasteiger partial charge >= 0.3 is 0 Å². The normalized spacial score (nSPS) is 16.1. The van der Waals surface area contributed by atoms with Crippen molar-refractivity contribution >= 4 is 0 Å². The molecule has 0 saturated heterocycles. The van der Waals surface area contributed by atoms with E-state index >= 15 is 0 Å². The molecule has 0 aliphatic rings. The molecule has 0 aliphatic heterocycles. The van der Waals surface area contributed by atoms with E-state index in [1.807, 2.05) is 0 Å². The summed E-state index contributed by atoms with van der Waals surface area (Å²) in [6.45, 7) is 11.6. The third-order valence-corrected chi connectivity index (χ3v) is 3.88. The molecule has 0 aromatic heterocycles. The quantitative estimate of drug-likeness (QED) is 0.635. The molecule has 2 nitrogen and oxygen atoms in total. The van der Waals surface area contributed by atoms with Gasteiger partial charge in [0.25, 0.3) is 0 Å². The van der Waals surface area contributed by atoms with E-state index in [0.717, 1.165) is 25.8 Å². The summed E-state index contributed by atoms with van der Waals surface area (Å²) in [4.78, 5) is 0. The molecular weight excluding hydrogens is 198 g/mol. The van der Waals surface area contributed by atoms with Gasteiger partial charge in [0.1, 0.15) is 0 Å². The molecule has 0 aromatic rings. The first kappa shape index (κ1) is 15.9. The SMILES string of the molecule is CCCC(C)C(CC)NCC(O)(CC)CC. The van der Waals surface area contributed by atoms with Crippen LogP contribution in [0.5, 0.6) is 0 Å². The van der Waals surface area contributed by atoms with Crippen LogP contribution in [-0.4, -0.2) is 23.3 Å². The molecule has 0 aromatic carbocycles. The lowest BCUT2D eigenvalue weighted by atomic mass is 9.92. The Hall–Kier alpha value is -0.0800. The second-order valence-electron chi connectivity index (χ2n) is 5.09. The van der Waals surface area contributed by atoms with Crippen molar-refractivity contribution in [2.45, 2.75) is 78.4 Å². The second kappa shape index (κ2) is 8.08. The van der Waals surface area contributed by atoms with Crippen LogP contribution in [0.2, 0.25) is 0 Å². The lowest BCUT2D eigenvalue weighted by Crippen LogP contribution is -2.45. The Morgan fingerprint density at radius 1 is 1.12 bits per heavy atom. The Labute approximate surface area is 102 Å². The highest BCUT2D eigenvalue weighted by molar-refractivity contribution is 4.81. The van der Waals surface area contributed by atoms with Gasteiger partial charge in [-0.1, -0.05) is 41.0 Å². The molecule has 0 spiro atoms. The van der Waals surface area contributed by atoms with Gasteiger partial charge in [-0.3, -0.25) is 0 Å². The van der Waals surface area contributed by atoms with E-state index < -0.39 is 5.60 Å². The fourth-order valence-corrected chi connectivity index (χ4v) is 2.23. The van der Waals surface area contributed by atoms with Crippen molar-refractivity contribution < 1.29 is 5.11 Å². The van der Waals surface area contributed by atoms with Crippen molar-refractivity contribution in [1.82, 2.24) is 5.32 Å². The zero-order chi connectivity index (χ0) is 12.6. The lowest BCUT2D eigenvalue weighted by molar-refractivity contribution is 0.0277. The molecular formula is C14H31NO. The maximum atomic E-state index is 10.2. The van der Waals surface area contributed by atoms with Gasteiger partial charge < -0.3 is 10.4 Å². The molecule has 0 heterocycles. The smallest absolute Gasteiger partial charge is 0.0766 e.